The fraction of sp³-hybridized carbons (Fsp3) is 0.296. The first-order valence-electron chi connectivity index (χ1n) is 11.7. The number of likely N-dealkylation sites (N-methyl/N-ethyl adjacent to an activating group) is 1. The Hall–Kier alpha value is -3.71. The summed E-state index contributed by atoms with van der Waals surface area (Å²) in [4.78, 5) is 31.9. The molecule has 3 aromatic rings. The predicted octanol–water partition coefficient (Wildman–Crippen LogP) is 3.58. The SMILES string of the molecule is C=C[C@H]1CN(Cc2ccccc2)C(=O)c2cnc(N3CCN(C)CC3)nc2N1c1ccccc1. The van der Waals surface area contributed by atoms with E-state index in [9.17, 15) is 4.79 Å². The van der Waals surface area contributed by atoms with Gasteiger partial charge < -0.3 is 19.6 Å². The van der Waals surface area contributed by atoms with Crippen LogP contribution in [0.1, 0.15) is 15.9 Å². The van der Waals surface area contributed by atoms with Crippen LogP contribution >= 0.6 is 0 Å². The van der Waals surface area contributed by atoms with Gasteiger partial charge in [0.05, 0.1) is 6.04 Å². The van der Waals surface area contributed by atoms with E-state index in [1.807, 2.05) is 59.5 Å². The van der Waals surface area contributed by atoms with Crippen molar-refractivity contribution in [2.45, 2.75) is 12.6 Å². The molecule has 7 heteroatoms. The molecule has 3 heterocycles. The van der Waals surface area contributed by atoms with Gasteiger partial charge in [0.2, 0.25) is 5.95 Å². The number of amides is 1. The summed E-state index contributed by atoms with van der Waals surface area (Å²) < 4.78 is 0. The van der Waals surface area contributed by atoms with E-state index in [1.54, 1.807) is 6.20 Å². The quantitative estimate of drug-likeness (QED) is 0.550. The molecule has 0 aliphatic carbocycles. The molecular formula is C27H30N6O. The van der Waals surface area contributed by atoms with Crippen molar-refractivity contribution in [1.82, 2.24) is 19.8 Å². The molecule has 1 atom stereocenters. The monoisotopic (exact) mass is 454 g/mol. The molecule has 0 unspecified atom stereocenters. The van der Waals surface area contributed by atoms with Crippen LogP contribution in [0.2, 0.25) is 0 Å². The van der Waals surface area contributed by atoms with Gasteiger partial charge in [-0.15, -0.1) is 6.58 Å². The molecule has 2 aromatic carbocycles. The second-order valence-corrected chi connectivity index (χ2v) is 8.88. The van der Waals surface area contributed by atoms with E-state index < -0.39 is 0 Å². The number of piperazine rings is 1. The van der Waals surface area contributed by atoms with Crippen LogP contribution in [0.3, 0.4) is 0 Å². The second kappa shape index (κ2) is 9.65. The molecule has 1 amide bonds. The van der Waals surface area contributed by atoms with Gasteiger partial charge in [0.15, 0.2) is 5.82 Å². The smallest absolute Gasteiger partial charge is 0.259 e. The minimum atomic E-state index is -0.133. The van der Waals surface area contributed by atoms with Crippen LogP contribution in [0.25, 0.3) is 0 Å². The fourth-order valence-electron chi connectivity index (χ4n) is 4.60. The third-order valence-corrected chi connectivity index (χ3v) is 6.55. The molecule has 2 aliphatic rings. The molecule has 0 saturated carbocycles. The lowest BCUT2D eigenvalue weighted by atomic mass is 10.1. The molecule has 0 bridgehead atoms. The number of hydrogen-bond donors (Lipinski definition) is 0. The highest BCUT2D eigenvalue weighted by atomic mass is 16.2. The van der Waals surface area contributed by atoms with Gasteiger partial charge in [-0.2, -0.15) is 4.98 Å². The highest BCUT2D eigenvalue weighted by molar-refractivity contribution is 6.00. The summed E-state index contributed by atoms with van der Waals surface area (Å²) in [6, 6.07) is 20.0. The van der Waals surface area contributed by atoms with Crippen LogP contribution in [0, 0.1) is 0 Å². The van der Waals surface area contributed by atoms with Crippen molar-refractivity contribution >= 4 is 23.4 Å². The first-order chi connectivity index (χ1) is 16.6. The van der Waals surface area contributed by atoms with Crippen molar-refractivity contribution in [3.8, 4) is 0 Å². The topological polar surface area (TPSA) is 55.8 Å². The lowest BCUT2D eigenvalue weighted by Gasteiger charge is -2.34. The van der Waals surface area contributed by atoms with Gasteiger partial charge in [0.25, 0.3) is 5.91 Å². The Morgan fingerprint density at radius 1 is 1.00 bits per heavy atom. The van der Waals surface area contributed by atoms with Crippen LogP contribution in [-0.4, -0.2) is 71.5 Å². The Morgan fingerprint density at radius 3 is 2.35 bits per heavy atom. The van der Waals surface area contributed by atoms with E-state index in [-0.39, 0.29) is 11.9 Å². The minimum absolute atomic E-state index is 0.0611. The predicted molar refractivity (Wildman–Crippen MR) is 135 cm³/mol. The van der Waals surface area contributed by atoms with E-state index in [1.165, 1.54) is 0 Å². The summed E-state index contributed by atoms with van der Waals surface area (Å²) in [7, 11) is 2.13. The molecule has 1 saturated heterocycles. The van der Waals surface area contributed by atoms with Gasteiger partial charge in [0.1, 0.15) is 5.56 Å². The lowest BCUT2D eigenvalue weighted by molar-refractivity contribution is 0.0747. The number of rotatable bonds is 5. The summed E-state index contributed by atoms with van der Waals surface area (Å²) in [6.07, 6.45) is 3.61. The summed E-state index contributed by atoms with van der Waals surface area (Å²) in [5.41, 5.74) is 2.58. The third-order valence-electron chi connectivity index (χ3n) is 6.55. The number of para-hydroxylation sites is 1. The van der Waals surface area contributed by atoms with Crippen LogP contribution in [0.5, 0.6) is 0 Å². The molecule has 174 valence electrons. The molecule has 1 aromatic heterocycles. The van der Waals surface area contributed by atoms with Crippen LogP contribution in [-0.2, 0) is 6.54 Å². The Morgan fingerprint density at radius 2 is 1.68 bits per heavy atom. The maximum Gasteiger partial charge on any atom is 0.259 e. The van der Waals surface area contributed by atoms with Crippen LogP contribution in [0.4, 0.5) is 17.5 Å². The maximum atomic E-state index is 13.8. The number of nitrogens with zero attached hydrogens (tertiary/aromatic N) is 6. The summed E-state index contributed by atoms with van der Waals surface area (Å²) in [5.74, 6) is 1.24. The summed E-state index contributed by atoms with van der Waals surface area (Å²) in [6.45, 7) is 8.79. The first kappa shape index (κ1) is 22.1. The molecule has 2 aliphatic heterocycles. The number of carbonyl (C=O) groups excluding carboxylic acids is 1. The lowest BCUT2D eigenvalue weighted by Crippen LogP contribution is -2.45. The van der Waals surface area contributed by atoms with Crippen LogP contribution < -0.4 is 9.80 Å². The van der Waals surface area contributed by atoms with Crippen molar-refractivity contribution in [2.75, 3.05) is 49.6 Å². The molecule has 0 radical (unpaired) electrons. The minimum Gasteiger partial charge on any atom is -0.338 e. The van der Waals surface area contributed by atoms with E-state index in [2.05, 4.69) is 45.4 Å². The zero-order valence-corrected chi connectivity index (χ0v) is 19.5. The Balaban J connectivity index is 1.59. The Bertz CT molecular complexity index is 1140. The Labute approximate surface area is 200 Å². The largest absolute Gasteiger partial charge is 0.338 e. The average Bonchev–Trinajstić information content (AvgIpc) is 2.99. The maximum absolute atomic E-state index is 13.8. The number of fused-ring (bicyclic) bond motifs is 1. The van der Waals surface area contributed by atoms with E-state index in [0.717, 1.165) is 37.4 Å². The van der Waals surface area contributed by atoms with E-state index >= 15 is 0 Å². The van der Waals surface area contributed by atoms with Gasteiger partial charge >= 0.3 is 0 Å². The van der Waals surface area contributed by atoms with Gasteiger partial charge in [-0.05, 0) is 24.7 Å². The normalized spacial score (nSPS) is 19.0. The average molecular weight is 455 g/mol. The molecule has 1 fully saturated rings. The molecular weight excluding hydrogens is 424 g/mol. The Kier molecular flexibility index (Phi) is 6.27. The molecule has 34 heavy (non-hydrogen) atoms. The van der Waals surface area contributed by atoms with Gasteiger partial charge in [0, 0.05) is 51.2 Å². The van der Waals surface area contributed by atoms with Crippen LogP contribution in [0.15, 0.2) is 79.5 Å². The first-order valence-corrected chi connectivity index (χ1v) is 11.7. The molecule has 0 spiro atoms. The number of hydrogen-bond acceptors (Lipinski definition) is 6. The zero-order valence-electron chi connectivity index (χ0n) is 19.5. The standard InChI is InChI=1S/C27H30N6O/c1-3-22-20-32(19-21-10-6-4-7-11-21)26(34)24-18-28-27(31-16-14-30(2)15-17-31)29-25(24)33(22)23-12-8-5-9-13-23/h3-13,18,22H,1,14-17,19-20H2,2H3/t22-/m0/s1. The summed E-state index contributed by atoms with van der Waals surface area (Å²) >= 11 is 0. The van der Waals surface area contributed by atoms with Crippen molar-refractivity contribution in [3.63, 3.8) is 0 Å². The van der Waals surface area contributed by atoms with Gasteiger partial charge in [-0.25, -0.2) is 4.98 Å². The van der Waals surface area contributed by atoms with E-state index in [0.29, 0.717) is 30.4 Å². The number of anilines is 3. The number of carbonyl (C=O) groups is 1. The van der Waals surface area contributed by atoms with E-state index in [4.69, 9.17) is 4.98 Å². The number of aromatic nitrogens is 2. The molecule has 7 nitrogen and oxygen atoms in total. The fourth-order valence-corrected chi connectivity index (χ4v) is 4.60. The van der Waals surface area contributed by atoms with Gasteiger partial charge in [-0.1, -0.05) is 54.6 Å². The van der Waals surface area contributed by atoms with Crippen molar-refractivity contribution in [1.29, 1.82) is 0 Å². The highest BCUT2D eigenvalue weighted by Crippen LogP contribution is 2.34. The zero-order chi connectivity index (χ0) is 23.5. The molecule has 5 rings (SSSR count). The second-order valence-electron chi connectivity index (χ2n) is 8.88. The highest BCUT2D eigenvalue weighted by Gasteiger charge is 2.34. The molecule has 0 N–H and O–H groups in total. The third kappa shape index (κ3) is 4.39. The van der Waals surface area contributed by atoms with Crippen molar-refractivity contribution < 1.29 is 4.79 Å². The summed E-state index contributed by atoms with van der Waals surface area (Å²) in [5, 5.41) is 0. The van der Waals surface area contributed by atoms with Crippen molar-refractivity contribution in [2.24, 2.45) is 0 Å². The van der Waals surface area contributed by atoms with Crippen molar-refractivity contribution in [3.05, 3.63) is 90.6 Å². The number of benzene rings is 2. The van der Waals surface area contributed by atoms with Gasteiger partial charge in [-0.3, -0.25) is 4.79 Å².